The fraction of sp³-hybridized carbons (Fsp3) is 0.500. The number of rotatable bonds is 2. The van der Waals surface area contributed by atoms with Gasteiger partial charge in [-0.15, -0.1) is 0 Å². The summed E-state index contributed by atoms with van der Waals surface area (Å²) in [5.41, 5.74) is -0.668. The molecule has 26 heavy (non-hydrogen) atoms. The standard InChI is InChI=1S/C16H16F3N5O2/c1-9-4-12(22-26-9)14(25)23-5-10-7-24(8-11(10)6-23)15-20-3-2-13(21-15)16(17,18)19/h2-4,10-11H,5-8H2,1H3. The second kappa shape index (κ2) is 5.96. The maximum atomic E-state index is 12.8. The summed E-state index contributed by atoms with van der Waals surface area (Å²) in [7, 11) is 0. The summed E-state index contributed by atoms with van der Waals surface area (Å²) in [4.78, 5) is 23.5. The van der Waals surface area contributed by atoms with Gasteiger partial charge in [-0.1, -0.05) is 5.16 Å². The Morgan fingerprint density at radius 3 is 2.50 bits per heavy atom. The fourth-order valence-electron chi connectivity index (χ4n) is 3.61. The molecule has 2 aromatic heterocycles. The van der Waals surface area contributed by atoms with Crippen molar-refractivity contribution in [3.8, 4) is 0 Å². The minimum atomic E-state index is -4.49. The first-order valence-electron chi connectivity index (χ1n) is 8.19. The van der Waals surface area contributed by atoms with Crippen LogP contribution in [0.1, 0.15) is 21.9 Å². The molecule has 0 aromatic carbocycles. The van der Waals surface area contributed by atoms with Gasteiger partial charge in [0.1, 0.15) is 11.5 Å². The summed E-state index contributed by atoms with van der Waals surface area (Å²) >= 11 is 0. The molecule has 2 atom stereocenters. The summed E-state index contributed by atoms with van der Waals surface area (Å²) in [6.45, 7) is 3.83. The normalized spacial score (nSPS) is 22.8. The zero-order valence-corrected chi connectivity index (χ0v) is 13.9. The zero-order chi connectivity index (χ0) is 18.5. The average Bonchev–Trinajstić information content (AvgIpc) is 3.27. The molecule has 0 saturated carbocycles. The van der Waals surface area contributed by atoms with E-state index in [2.05, 4.69) is 15.1 Å². The summed E-state index contributed by atoms with van der Waals surface area (Å²) < 4.78 is 43.4. The Labute approximate surface area is 146 Å². The molecular formula is C16H16F3N5O2. The van der Waals surface area contributed by atoms with Crippen LogP contribution in [0.4, 0.5) is 19.1 Å². The number of alkyl halides is 3. The van der Waals surface area contributed by atoms with E-state index in [1.54, 1.807) is 22.8 Å². The topological polar surface area (TPSA) is 75.4 Å². The number of amides is 1. The lowest BCUT2D eigenvalue weighted by molar-refractivity contribution is -0.141. The van der Waals surface area contributed by atoms with Crippen LogP contribution < -0.4 is 4.90 Å². The van der Waals surface area contributed by atoms with Crippen LogP contribution in [-0.2, 0) is 6.18 Å². The minimum absolute atomic E-state index is 0.0826. The molecule has 2 aromatic rings. The number of likely N-dealkylation sites (tertiary alicyclic amines) is 1. The molecule has 2 aliphatic rings. The SMILES string of the molecule is Cc1cc(C(=O)N2CC3CN(c4nccc(C(F)(F)F)n4)CC3C2)no1. The van der Waals surface area contributed by atoms with Crippen LogP contribution in [-0.4, -0.2) is 52.1 Å². The highest BCUT2D eigenvalue weighted by Crippen LogP contribution is 2.34. The van der Waals surface area contributed by atoms with E-state index in [0.717, 1.165) is 12.3 Å². The van der Waals surface area contributed by atoms with Gasteiger partial charge in [0.2, 0.25) is 5.95 Å². The quantitative estimate of drug-likeness (QED) is 0.808. The molecule has 0 spiro atoms. The average molecular weight is 367 g/mol. The number of hydrogen-bond donors (Lipinski definition) is 0. The zero-order valence-electron chi connectivity index (χ0n) is 13.9. The van der Waals surface area contributed by atoms with Gasteiger partial charge in [0.05, 0.1) is 0 Å². The molecule has 2 aliphatic heterocycles. The molecule has 138 valence electrons. The smallest absolute Gasteiger partial charge is 0.361 e. The van der Waals surface area contributed by atoms with E-state index >= 15 is 0 Å². The van der Waals surface area contributed by atoms with Gasteiger partial charge in [0.25, 0.3) is 5.91 Å². The first kappa shape index (κ1) is 16.8. The third-order valence-corrected chi connectivity index (χ3v) is 4.84. The van der Waals surface area contributed by atoms with Crippen molar-refractivity contribution in [3.05, 3.63) is 35.5 Å². The maximum Gasteiger partial charge on any atom is 0.433 e. The Kier molecular flexibility index (Phi) is 3.85. The van der Waals surface area contributed by atoms with Crippen molar-refractivity contribution in [2.45, 2.75) is 13.1 Å². The van der Waals surface area contributed by atoms with E-state index in [4.69, 9.17) is 4.52 Å². The molecule has 2 saturated heterocycles. The van der Waals surface area contributed by atoms with Crippen molar-refractivity contribution in [2.75, 3.05) is 31.1 Å². The van der Waals surface area contributed by atoms with Crippen molar-refractivity contribution < 1.29 is 22.5 Å². The second-order valence-electron chi connectivity index (χ2n) is 6.70. The van der Waals surface area contributed by atoms with Gasteiger partial charge in [-0.05, 0) is 13.0 Å². The predicted molar refractivity (Wildman–Crippen MR) is 83.4 cm³/mol. The molecule has 0 radical (unpaired) electrons. The first-order chi connectivity index (χ1) is 12.3. The number of aromatic nitrogens is 3. The summed E-state index contributed by atoms with van der Waals surface area (Å²) in [6, 6.07) is 2.46. The lowest BCUT2D eigenvalue weighted by Gasteiger charge is -2.21. The Bertz CT molecular complexity index is 823. The van der Waals surface area contributed by atoms with E-state index in [1.165, 1.54) is 0 Å². The Hall–Kier alpha value is -2.65. The van der Waals surface area contributed by atoms with Crippen molar-refractivity contribution >= 4 is 11.9 Å². The largest absolute Gasteiger partial charge is 0.433 e. The van der Waals surface area contributed by atoms with Gasteiger partial charge < -0.3 is 14.3 Å². The number of fused-ring (bicyclic) bond motifs is 1. The van der Waals surface area contributed by atoms with E-state index in [1.807, 2.05) is 0 Å². The Morgan fingerprint density at radius 1 is 1.23 bits per heavy atom. The van der Waals surface area contributed by atoms with Gasteiger partial charge in [-0.2, -0.15) is 13.2 Å². The molecule has 1 amide bonds. The Balaban J connectivity index is 1.43. The number of halogens is 3. The van der Waals surface area contributed by atoms with Crippen molar-refractivity contribution in [1.82, 2.24) is 20.0 Å². The predicted octanol–water partition coefficient (Wildman–Crippen LogP) is 2.00. The number of hydrogen-bond acceptors (Lipinski definition) is 6. The maximum absolute atomic E-state index is 12.8. The summed E-state index contributed by atoms with van der Waals surface area (Å²) in [6.07, 6.45) is -3.37. The molecule has 2 fully saturated rings. The van der Waals surface area contributed by atoms with E-state index < -0.39 is 11.9 Å². The summed E-state index contributed by atoms with van der Waals surface area (Å²) in [5.74, 6) is 0.813. The molecule has 0 bridgehead atoms. The van der Waals surface area contributed by atoms with Crippen LogP contribution >= 0.6 is 0 Å². The molecule has 4 heterocycles. The van der Waals surface area contributed by atoms with Crippen molar-refractivity contribution in [3.63, 3.8) is 0 Å². The highest BCUT2D eigenvalue weighted by molar-refractivity contribution is 5.92. The van der Waals surface area contributed by atoms with Crippen LogP contribution in [0.3, 0.4) is 0 Å². The lowest BCUT2D eigenvalue weighted by Crippen LogP contribution is -2.34. The van der Waals surface area contributed by atoms with Gasteiger partial charge in [0.15, 0.2) is 5.69 Å². The molecule has 2 unspecified atom stereocenters. The highest BCUT2D eigenvalue weighted by Gasteiger charge is 2.43. The second-order valence-corrected chi connectivity index (χ2v) is 6.70. The third-order valence-electron chi connectivity index (χ3n) is 4.84. The van der Waals surface area contributed by atoms with Gasteiger partial charge in [-0.3, -0.25) is 4.79 Å². The molecule has 0 aliphatic carbocycles. The third kappa shape index (κ3) is 2.99. The van der Waals surface area contributed by atoms with E-state index in [-0.39, 0.29) is 29.4 Å². The van der Waals surface area contributed by atoms with Crippen molar-refractivity contribution in [2.24, 2.45) is 11.8 Å². The summed E-state index contributed by atoms with van der Waals surface area (Å²) in [5, 5.41) is 3.75. The van der Waals surface area contributed by atoms with Gasteiger partial charge in [0, 0.05) is 50.3 Å². The minimum Gasteiger partial charge on any atom is -0.361 e. The van der Waals surface area contributed by atoms with E-state index in [0.29, 0.717) is 31.9 Å². The molecule has 0 N–H and O–H groups in total. The number of carbonyl (C=O) groups is 1. The van der Waals surface area contributed by atoms with Crippen LogP contribution in [0.25, 0.3) is 0 Å². The fourth-order valence-corrected chi connectivity index (χ4v) is 3.61. The van der Waals surface area contributed by atoms with Crippen LogP contribution in [0.15, 0.2) is 22.9 Å². The van der Waals surface area contributed by atoms with Crippen LogP contribution in [0, 0.1) is 18.8 Å². The van der Waals surface area contributed by atoms with Crippen LogP contribution in [0.5, 0.6) is 0 Å². The Morgan fingerprint density at radius 2 is 1.92 bits per heavy atom. The molecule has 10 heteroatoms. The molecule has 4 rings (SSSR count). The van der Waals surface area contributed by atoms with Gasteiger partial charge >= 0.3 is 6.18 Å². The molecule has 7 nitrogen and oxygen atoms in total. The number of aryl methyl sites for hydroxylation is 1. The number of carbonyl (C=O) groups excluding carboxylic acids is 1. The monoisotopic (exact) mass is 367 g/mol. The number of nitrogens with zero attached hydrogens (tertiary/aromatic N) is 5. The van der Waals surface area contributed by atoms with Gasteiger partial charge in [-0.25, -0.2) is 9.97 Å². The first-order valence-corrected chi connectivity index (χ1v) is 8.19. The lowest BCUT2D eigenvalue weighted by atomic mass is 10.0. The van der Waals surface area contributed by atoms with Crippen molar-refractivity contribution in [1.29, 1.82) is 0 Å². The van der Waals surface area contributed by atoms with Crippen LogP contribution in [0.2, 0.25) is 0 Å². The molecular weight excluding hydrogens is 351 g/mol. The highest BCUT2D eigenvalue weighted by atomic mass is 19.4. The number of anilines is 1. The van der Waals surface area contributed by atoms with E-state index in [9.17, 15) is 18.0 Å².